The van der Waals surface area contributed by atoms with E-state index in [1.807, 2.05) is 19.1 Å². The molecule has 0 atom stereocenters. The molecule has 5 nitrogen and oxygen atoms in total. The third-order valence-corrected chi connectivity index (χ3v) is 6.25. The Balaban J connectivity index is 1.26. The maximum Gasteiger partial charge on any atom is 0.279 e. The number of fused-ring (bicyclic) bond motifs is 1. The van der Waals surface area contributed by atoms with Crippen LogP contribution >= 0.6 is 11.3 Å². The third-order valence-electron chi connectivity index (χ3n) is 5.21. The van der Waals surface area contributed by atoms with Gasteiger partial charge in [-0.25, -0.2) is 9.37 Å². The molecular weight excluding hydrogens is 375 g/mol. The fraction of sp³-hybridized carbons (Fsp3) is 0.333. The average molecular weight is 401 g/mol. The first-order chi connectivity index (χ1) is 13.6. The minimum atomic E-state index is -0.381. The Morgan fingerprint density at radius 2 is 1.89 bits per heavy atom. The van der Waals surface area contributed by atoms with Crippen molar-refractivity contribution >= 4 is 33.1 Å². The first-order valence-electron chi connectivity index (χ1n) is 9.64. The van der Waals surface area contributed by atoms with E-state index in [-0.39, 0.29) is 17.4 Å². The zero-order chi connectivity index (χ0) is 19.5. The monoisotopic (exact) mass is 400 g/mol. The molecule has 0 spiro atoms. The molecule has 0 unspecified atom stereocenters. The Hall–Kier alpha value is -2.35. The lowest BCUT2D eigenvalue weighted by Gasteiger charge is -2.28. The summed E-state index contributed by atoms with van der Waals surface area (Å²) in [6.45, 7) is 7.03. The fourth-order valence-corrected chi connectivity index (χ4v) is 4.70. The first kappa shape index (κ1) is 19.0. The van der Waals surface area contributed by atoms with Crippen LogP contribution in [0, 0.1) is 12.7 Å². The summed E-state index contributed by atoms with van der Waals surface area (Å²) < 4.78 is 15.1. The first-order valence-corrected chi connectivity index (χ1v) is 10.5. The number of thiazole rings is 1. The zero-order valence-corrected chi connectivity index (χ0v) is 16.7. The number of aromatic nitrogens is 1. The van der Waals surface area contributed by atoms with Gasteiger partial charge in [0.05, 0.1) is 15.9 Å². The minimum Gasteiger partial charge on any atom is -0.320 e. The number of hydrogen-bond donors (Lipinski definition) is 3. The van der Waals surface area contributed by atoms with E-state index in [2.05, 4.69) is 17.4 Å². The minimum absolute atomic E-state index is 0.132. The van der Waals surface area contributed by atoms with Gasteiger partial charge in [-0.1, -0.05) is 18.2 Å². The molecule has 0 bridgehead atoms. The number of quaternary nitrogens is 2. The Labute approximate surface area is 167 Å². The molecule has 0 aliphatic carbocycles. The van der Waals surface area contributed by atoms with Crippen LogP contribution in [0.4, 0.5) is 10.1 Å². The highest BCUT2D eigenvalue weighted by Crippen LogP contribution is 2.20. The molecule has 1 amide bonds. The Morgan fingerprint density at radius 3 is 2.64 bits per heavy atom. The summed E-state index contributed by atoms with van der Waals surface area (Å²) in [5.41, 5.74) is 2.18. The van der Waals surface area contributed by atoms with Gasteiger partial charge >= 0.3 is 0 Å². The van der Waals surface area contributed by atoms with Gasteiger partial charge in [-0.05, 0) is 36.8 Å². The van der Waals surface area contributed by atoms with Crippen molar-refractivity contribution in [3.8, 4) is 0 Å². The van der Waals surface area contributed by atoms with Crippen molar-refractivity contribution in [3.05, 3.63) is 58.9 Å². The number of hydrogen-bond acceptors (Lipinski definition) is 3. The number of rotatable bonds is 5. The van der Waals surface area contributed by atoms with Gasteiger partial charge in [0.2, 0.25) is 0 Å². The van der Waals surface area contributed by atoms with Gasteiger partial charge < -0.3 is 15.1 Å². The number of anilines is 1. The summed E-state index contributed by atoms with van der Waals surface area (Å²) in [6, 6.07) is 13.1. The molecule has 146 valence electrons. The summed E-state index contributed by atoms with van der Waals surface area (Å²) in [5.74, 6) is -0.513. The van der Waals surface area contributed by atoms with Gasteiger partial charge in [-0.3, -0.25) is 4.79 Å². The SMILES string of the molecule is Cc1ccc(NC(=O)C[NH+]2CC[NH+](Cc3nc4ccccc4s3)CC2)c(F)c1. The van der Waals surface area contributed by atoms with E-state index >= 15 is 0 Å². The average Bonchev–Trinajstić information content (AvgIpc) is 3.08. The Morgan fingerprint density at radius 1 is 1.14 bits per heavy atom. The van der Waals surface area contributed by atoms with E-state index in [0.717, 1.165) is 43.8 Å². The van der Waals surface area contributed by atoms with E-state index < -0.39 is 0 Å². The van der Waals surface area contributed by atoms with E-state index in [4.69, 9.17) is 4.98 Å². The maximum absolute atomic E-state index is 13.9. The Bertz CT molecular complexity index is 948. The quantitative estimate of drug-likeness (QED) is 0.590. The third kappa shape index (κ3) is 4.55. The molecule has 0 radical (unpaired) electrons. The molecule has 1 aliphatic rings. The van der Waals surface area contributed by atoms with Gasteiger partial charge in [0.15, 0.2) is 6.54 Å². The second kappa shape index (κ2) is 8.34. The normalized spacial score (nSPS) is 19.6. The summed E-state index contributed by atoms with van der Waals surface area (Å²) in [7, 11) is 0. The van der Waals surface area contributed by atoms with Crippen molar-refractivity contribution in [1.29, 1.82) is 0 Å². The van der Waals surface area contributed by atoms with Crippen molar-refractivity contribution in [1.82, 2.24) is 4.98 Å². The summed E-state index contributed by atoms with van der Waals surface area (Å²) in [4.78, 5) is 19.8. The highest BCUT2D eigenvalue weighted by molar-refractivity contribution is 7.18. The molecule has 2 aromatic carbocycles. The van der Waals surface area contributed by atoms with Crippen molar-refractivity contribution in [2.75, 3.05) is 38.0 Å². The molecule has 1 saturated heterocycles. The second-order valence-electron chi connectivity index (χ2n) is 7.46. The van der Waals surface area contributed by atoms with Crippen LogP contribution in [-0.4, -0.2) is 43.6 Å². The van der Waals surface area contributed by atoms with Crippen LogP contribution in [-0.2, 0) is 11.3 Å². The van der Waals surface area contributed by atoms with Crippen molar-refractivity contribution in [2.24, 2.45) is 0 Å². The van der Waals surface area contributed by atoms with Gasteiger partial charge in [-0.15, -0.1) is 11.3 Å². The number of aryl methyl sites for hydroxylation is 1. The smallest absolute Gasteiger partial charge is 0.279 e. The largest absolute Gasteiger partial charge is 0.320 e. The number of para-hydroxylation sites is 1. The van der Waals surface area contributed by atoms with Gasteiger partial charge in [0, 0.05) is 0 Å². The summed E-state index contributed by atoms with van der Waals surface area (Å²) in [6.07, 6.45) is 0. The molecule has 1 fully saturated rings. The molecule has 28 heavy (non-hydrogen) atoms. The molecule has 3 N–H and O–H groups in total. The second-order valence-corrected chi connectivity index (χ2v) is 8.58. The number of benzene rings is 2. The van der Waals surface area contributed by atoms with E-state index in [0.29, 0.717) is 6.54 Å². The van der Waals surface area contributed by atoms with Crippen LogP contribution in [0.2, 0.25) is 0 Å². The number of carbonyl (C=O) groups is 1. The molecular formula is C21H25FN4OS+2. The number of nitrogens with zero attached hydrogens (tertiary/aromatic N) is 1. The molecule has 0 saturated carbocycles. The highest BCUT2D eigenvalue weighted by atomic mass is 32.1. The van der Waals surface area contributed by atoms with E-state index in [1.165, 1.54) is 25.6 Å². The predicted octanol–water partition coefficient (Wildman–Crippen LogP) is 0.666. The summed E-state index contributed by atoms with van der Waals surface area (Å²) in [5, 5.41) is 3.87. The lowest BCUT2D eigenvalue weighted by Crippen LogP contribution is -3.28. The standard InChI is InChI=1S/C21H23FN4OS/c1-15-6-7-17(16(22)12-15)23-20(27)13-25-8-10-26(11-9-25)14-21-24-18-4-2-3-5-19(18)28-21/h2-7,12H,8-11,13-14H2,1H3,(H,23,27)/p+2. The molecule has 1 aliphatic heterocycles. The molecule has 2 heterocycles. The van der Waals surface area contributed by atoms with Crippen molar-refractivity contribution in [2.45, 2.75) is 13.5 Å². The van der Waals surface area contributed by atoms with Crippen LogP contribution < -0.4 is 15.1 Å². The molecule has 3 aromatic rings. The topological polar surface area (TPSA) is 50.9 Å². The van der Waals surface area contributed by atoms with Crippen molar-refractivity contribution < 1.29 is 19.0 Å². The van der Waals surface area contributed by atoms with Gasteiger partial charge in [0.25, 0.3) is 5.91 Å². The Kier molecular flexibility index (Phi) is 5.66. The number of halogens is 1. The zero-order valence-electron chi connectivity index (χ0n) is 15.9. The van der Waals surface area contributed by atoms with Gasteiger partial charge in [0.1, 0.15) is 43.5 Å². The molecule has 1 aromatic heterocycles. The summed E-state index contributed by atoms with van der Waals surface area (Å²) >= 11 is 1.77. The fourth-order valence-electron chi connectivity index (χ4n) is 3.66. The van der Waals surface area contributed by atoms with Crippen LogP contribution in [0.3, 0.4) is 0 Å². The predicted molar refractivity (Wildman–Crippen MR) is 109 cm³/mol. The number of amides is 1. The molecule has 7 heteroatoms. The lowest BCUT2D eigenvalue weighted by atomic mass is 10.2. The van der Waals surface area contributed by atoms with E-state index in [9.17, 15) is 9.18 Å². The van der Waals surface area contributed by atoms with Crippen LogP contribution in [0.25, 0.3) is 10.2 Å². The van der Waals surface area contributed by atoms with Gasteiger partial charge in [-0.2, -0.15) is 0 Å². The van der Waals surface area contributed by atoms with E-state index in [1.54, 1.807) is 23.5 Å². The van der Waals surface area contributed by atoms with Crippen LogP contribution in [0.1, 0.15) is 10.6 Å². The lowest BCUT2D eigenvalue weighted by molar-refractivity contribution is -1.01. The highest BCUT2D eigenvalue weighted by Gasteiger charge is 2.26. The number of piperazine rings is 1. The molecule has 4 rings (SSSR count). The number of nitrogens with one attached hydrogen (secondary N) is 3. The van der Waals surface area contributed by atoms with Crippen LogP contribution in [0.5, 0.6) is 0 Å². The van der Waals surface area contributed by atoms with Crippen LogP contribution in [0.15, 0.2) is 42.5 Å². The maximum atomic E-state index is 13.9. The van der Waals surface area contributed by atoms with Crippen molar-refractivity contribution in [3.63, 3.8) is 0 Å². The number of carbonyl (C=O) groups excluding carboxylic acids is 1.